The summed E-state index contributed by atoms with van der Waals surface area (Å²) < 4.78 is 6.43. The van der Waals surface area contributed by atoms with Gasteiger partial charge in [0, 0.05) is 31.7 Å². The van der Waals surface area contributed by atoms with Gasteiger partial charge in [0.15, 0.2) is 5.82 Å². The van der Waals surface area contributed by atoms with Gasteiger partial charge >= 0.3 is 5.97 Å². The predicted octanol–water partition coefficient (Wildman–Crippen LogP) is 2.72. The van der Waals surface area contributed by atoms with E-state index in [1.165, 1.54) is 13.3 Å². The summed E-state index contributed by atoms with van der Waals surface area (Å²) in [5, 5.41) is 4.13. The Balaban J connectivity index is 1.81. The van der Waals surface area contributed by atoms with Crippen molar-refractivity contribution in [3.8, 4) is 5.82 Å². The van der Waals surface area contributed by atoms with Crippen molar-refractivity contribution in [2.75, 3.05) is 13.7 Å². The maximum atomic E-state index is 13.1. The summed E-state index contributed by atoms with van der Waals surface area (Å²) in [7, 11) is 1.35. The minimum Gasteiger partial charge on any atom is -0.469 e. The largest absolute Gasteiger partial charge is 0.469 e. The number of amides is 1. The number of methoxy groups -OCH3 is 1. The molecular formula is C21H22N4O3. The zero-order valence-electron chi connectivity index (χ0n) is 15.9. The Morgan fingerprint density at radius 1 is 1.14 bits per heavy atom. The summed E-state index contributed by atoms with van der Waals surface area (Å²) in [5.74, 6) is -0.356. The maximum absolute atomic E-state index is 13.1. The van der Waals surface area contributed by atoms with Gasteiger partial charge in [-0.3, -0.25) is 9.59 Å². The summed E-state index contributed by atoms with van der Waals surface area (Å²) in [6, 6.07) is 14.9. The van der Waals surface area contributed by atoms with E-state index in [1.54, 1.807) is 47.1 Å². The highest BCUT2D eigenvalue weighted by Crippen LogP contribution is 2.14. The fraction of sp³-hybridized carbons (Fsp3) is 0.238. The highest BCUT2D eigenvalue weighted by Gasteiger charge is 2.23. The number of rotatable bonds is 7. The third-order valence-electron chi connectivity index (χ3n) is 4.34. The lowest BCUT2D eigenvalue weighted by atomic mass is 10.1. The van der Waals surface area contributed by atoms with Crippen LogP contribution < -0.4 is 0 Å². The molecule has 0 saturated heterocycles. The van der Waals surface area contributed by atoms with Crippen molar-refractivity contribution >= 4 is 11.9 Å². The summed E-state index contributed by atoms with van der Waals surface area (Å²) in [6.45, 7) is 2.39. The minimum atomic E-state index is -0.436. The fourth-order valence-corrected chi connectivity index (χ4v) is 2.86. The third kappa shape index (κ3) is 4.62. The van der Waals surface area contributed by atoms with E-state index in [1.807, 2.05) is 30.3 Å². The molecule has 1 aromatic carbocycles. The first-order chi connectivity index (χ1) is 13.6. The molecule has 0 aliphatic rings. The van der Waals surface area contributed by atoms with Crippen LogP contribution in [0.1, 0.15) is 22.8 Å². The number of hydrogen-bond donors (Lipinski definition) is 0. The molecule has 0 saturated carbocycles. The SMILES string of the molecule is COC(=O)[C@@H](C)CN(Cc1ccccc1)C(=O)c1ccc(-n2cccn2)nc1. The van der Waals surface area contributed by atoms with Crippen LogP contribution in [0.3, 0.4) is 0 Å². The lowest BCUT2D eigenvalue weighted by Gasteiger charge is -2.25. The normalized spacial score (nSPS) is 11.6. The molecule has 0 spiro atoms. The molecule has 7 nitrogen and oxygen atoms in total. The number of carbonyl (C=O) groups is 2. The van der Waals surface area contributed by atoms with Gasteiger partial charge in [0.1, 0.15) is 0 Å². The molecule has 3 rings (SSSR count). The molecule has 1 atom stereocenters. The fourth-order valence-electron chi connectivity index (χ4n) is 2.86. The highest BCUT2D eigenvalue weighted by molar-refractivity contribution is 5.94. The van der Waals surface area contributed by atoms with Crippen LogP contribution >= 0.6 is 0 Å². The van der Waals surface area contributed by atoms with E-state index in [0.29, 0.717) is 17.9 Å². The van der Waals surface area contributed by atoms with Crippen molar-refractivity contribution in [3.63, 3.8) is 0 Å². The van der Waals surface area contributed by atoms with Crippen LogP contribution in [0.25, 0.3) is 5.82 Å². The van der Waals surface area contributed by atoms with Gasteiger partial charge < -0.3 is 9.64 Å². The van der Waals surface area contributed by atoms with E-state index in [-0.39, 0.29) is 18.4 Å². The monoisotopic (exact) mass is 378 g/mol. The molecular weight excluding hydrogens is 356 g/mol. The van der Waals surface area contributed by atoms with Gasteiger partial charge in [-0.1, -0.05) is 37.3 Å². The van der Waals surface area contributed by atoms with Crippen molar-refractivity contribution in [1.29, 1.82) is 0 Å². The van der Waals surface area contributed by atoms with Crippen LogP contribution in [-0.4, -0.2) is 45.2 Å². The number of benzene rings is 1. The van der Waals surface area contributed by atoms with Crippen LogP contribution in [-0.2, 0) is 16.1 Å². The Bertz CT molecular complexity index is 909. The first-order valence-electron chi connectivity index (χ1n) is 8.95. The first-order valence-corrected chi connectivity index (χ1v) is 8.95. The third-order valence-corrected chi connectivity index (χ3v) is 4.34. The average Bonchev–Trinajstić information content (AvgIpc) is 3.28. The summed E-state index contributed by atoms with van der Waals surface area (Å²) in [6.07, 6.45) is 4.97. The van der Waals surface area contributed by atoms with E-state index < -0.39 is 5.92 Å². The molecule has 0 aliphatic heterocycles. The van der Waals surface area contributed by atoms with E-state index in [4.69, 9.17) is 4.74 Å². The molecule has 0 N–H and O–H groups in total. The highest BCUT2D eigenvalue weighted by atomic mass is 16.5. The number of nitrogens with zero attached hydrogens (tertiary/aromatic N) is 4. The van der Waals surface area contributed by atoms with Crippen LogP contribution in [0.4, 0.5) is 0 Å². The number of aromatic nitrogens is 3. The van der Waals surface area contributed by atoms with Crippen LogP contribution in [0, 0.1) is 5.92 Å². The molecule has 7 heteroatoms. The Morgan fingerprint density at radius 3 is 2.54 bits per heavy atom. The zero-order valence-corrected chi connectivity index (χ0v) is 15.9. The predicted molar refractivity (Wildman–Crippen MR) is 104 cm³/mol. The minimum absolute atomic E-state index is 0.195. The second kappa shape index (κ2) is 8.94. The standard InChI is InChI=1S/C21H22N4O3/c1-16(21(27)28-2)14-24(15-17-7-4-3-5-8-17)20(26)18-9-10-19(22-13-18)25-12-6-11-23-25/h3-13,16H,14-15H2,1-2H3/t16-/m0/s1. The zero-order chi connectivity index (χ0) is 19.9. The Kier molecular flexibility index (Phi) is 6.16. The summed E-state index contributed by atoms with van der Waals surface area (Å²) in [4.78, 5) is 30.9. The second-order valence-corrected chi connectivity index (χ2v) is 6.45. The Hall–Kier alpha value is -3.48. The van der Waals surface area contributed by atoms with Gasteiger partial charge in [-0.2, -0.15) is 5.10 Å². The van der Waals surface area contributed by atoms with Gasteiger partial charge in [-0.25, -0.2) is 9.67 Å². The molecule has 0 bridgehead atoms. The van der Waals surface area contributed by atoms with Crippen LogP contribution in [0.15, 0.2) is 67.1 Å². The number of ether oxygens (including phenoxy) is 1. The lowest BCUT2D eigenvalue weighted by Crippen LogP contribution is -2.37. The van der Waals surface area contributed by atoms with Gasteiger partial charge in [-0.05, 0) is 23.8 Å². The molecule has 3 aromatic rings. The van der Waals surface area contributed by atoms with Crippen molar-refractivity contribution in [2.24, 2.45) is 5.92 Å². The number of hydrogen-bond acceptors (Lipinski definition) is 5. The van der Waals surface area contributed by atoms with Crippen molar-refractivity contribution in [1.82, 2.24) is 19.7 Å². The van der Waals surface area contributed by atoms with E-state index >= 15 is 0 Å². The van der Waals surface area contributed by atoms with Gasteiger partial charge in [0.2, 0.25) is 0 Å². The van der Waals surface area contributed by atoms with Gasteiger partial charge in [-0.15, -0.1) is 0 Å². The van der Waals surface area contributed by atoms with Crippen LogP contribution in [0.5, 0.6) is 0 Å². The van der Waals surface area contributed by atoms with Crippen LogP contribution in [0.2, 0.25) is 0 Å². The van der Waals surface area contributed by atoms with Crippen molar-refractivity contribution in [2.45, 2.75) is 13.5 Å². The van der Waals surface area contributed by atoms with Crippen molar-refractivity contribution in [3.05, 3.63) is 78.2 Å². The topological polar surface area (TPSA) is 77.3 Å². The molecule has 144 valence electrons. The summed E-state index contributed by atoms with van der Waals surface area (Å²) >= 11 is 0. The van der Waals surface area contributed by atoms with E-state index in [2.05, 4.69) is 10.1 Å². The molecule has 0 radical (unpaired) electrons. The second-order valence-electron chi connectivity index (χ2n) is 6.45. The Labute approximate surface area is 163 Å². The lowest BCUT2D eigenvalue weighted by molar-refractivity contribution is -0.145. The molecule has 0 fully saturated rings. The Morgan fingerprint density at radius 2 is 1.93 bits per heavy atom. The van der Waals surface area contributed by atoms with E-state index in [0.717, 1.165) is 5.56 Å². The molecule has 0 unspecified atom stereocenters. The average molecular weight is 378 g/mol. The smallest absolute Gasteiger partial charge is 0.310 e. The quantitative estimate of drug-likeness (QED) is 0.591. The first kappa shape index (κ1) is 19.3. The maximum Gasteiger partial charge on any atom is 0.310 e. The van der Waals surface area contributed by atoms with Gasteiger partial charge in [0.05, 0.1) is 18.6 Å². The van der Waals surface area contributed by atoms with E-state index in [9.17, 15) is 9.59 Å². The summed E-state index contributed by atoms with van der Waals surface area (Å²) in [5.41, 5.74) is 1.43. The molecule has 28 heavy (non-hydrogen) atoms. The molecule has 0 aliphatic carbocycles. The van der Waals surface area contributed by atoms with Gasteiger partial charge in [0.25, 0.3) is 5.91 Å². The number of pyridine rings is 1. The number of carbonyl (C=O) groups excluding carboxylic acids is 2. The number of esters is 1. The molecule has 2 heterocycles. The molecule has 2 aromatic heterocycles. The molecule has 1 amide bonds. The van der Waals surface area contributed by atoms with Crippen molar-refractivity contribution < 1.29 is 14.3 Å².